The molecule has 2 aromatic carbocycles. The fourth-order valence-electron chi connectivity index (χ4n) is 4.89. The van der Waals surface area contributed by atoms with Crippen LogP contribution in [0.4, 0.5) is 17.6 Å². The van der Waals surface area contributed by atoms with Gasteiger partial charge >= 0.3 is 6.18 Å². The normalized spacial score (nSPS) is 22.1. The number of nitrogens with zero attached hydrogens (tertiary/aromatic N) is 2. The number of fused-ring (bicyclic) bond motifs is 1. The molecule has 4 nitrogen and oxygen atoms in total. The summed E-state index contributed by atoms with van der Waals surface area (Å²) in [5.74, 6) is 0.793. The van der Waals surface area contributed by atoms with Crippen LogP contribution in [0.5, 0.6) is 5.75 Å². The summed E-state index contributed by atoms with van der Waals surface area (Å²) >= 11 is 0. The quantitative estimate of drug-likeness (QED) is 0.587. The lowest BCUT2D eigenvalue weighted by Crippen LogP contribution is -2.49. The number of benzene rings is 2. The maximum atomic E-state index is 13.4. The van der Waals surface area contributed by atoms with Crippen molar-refractivity contribution in [3.05, 3.63) is 64.7 Å². The van der Waals surface area contributed by atoms with Crippen molar-refractivity contribution in [2.75, 3.05) is 39.5 Å². The first-order chi connectivity index (χ1) is 15.8. The number of rotatable bonds is 8. The lowest BCUT2D eigenvalue weighted by molar-refractivity contribution is -0.155. The van der Waals surface area contributed by atoms with E-state index in [-0.39, 0.29) is 25.2 Å². The van der Waals surface area contributed by atoms with Crippen LogP contribution in [0.25, 0.3) is 0 Å². The molecule has 0 unspecified atom stereocenters. The molecule has 0 amide bonds. The minimum absolute atomic E-state index is 0.101. The third kappa shape index (κ3) is 5.67. The molecule has 33 heavy (non-hydrogen) atoms. The Balaban J connectivity index is 1.51. The first-order valence-corrected chi connectivity index (χ1v) is 11.3. The highest BCUT2D eigenvalue weighted by Gasteiger charge is 2.40. The summed E-state index contributed by atoms with van der Waals surface area (Å²) in [4.78, 5) is 3.64. The monoisotopic (exact) mass is 466 g/mol. The molecule has 2 aromatic rings. The molecule has 0 aliphatic carbocycles. The smallest absolute Gasteiger partial charge is 0.401 e. The molecule has 2 atom stereocenters. The summed E-state index contributed by atoms with van der Waals surface area (Å²) in [5.41, 5.74) is 3.33. The van der Waals surface area contributed by atoms with Crippen LogP contribution in [0.2, 0.25) is 0 Å². The van der Waals surface area contributed by atoms with Gasteiger partial charge in [0, 0.05) is 31.6 Å². The topological polar surface area (TPSA) is 35.9 Å². The number of alkyl halides is 4. The van der Waals surface area contributed by atoms with E-state index in [0.29, 0.717) is 18.8 Å². The van der Waals surface area contributed by atoms with Gasteiger partial charge in [-0.05, 0) is 47.7 Å². The largest absolute Gasteiger partial charge is 0.492 e. The van der Waals surface area contributed by atoms with E-state index in [4.69, 9.17) is 4.74 Å². The van der Waals surface area contributed by atoms with E-state index in [2.05, 4.69) is 4.90 Å². The van der Waals surface area contributed by atoms with E-state index in [1.54, 1.807) is 18.2 Å². The van der Waals surface area contributed by atoms with Crippen LogP contribution in [-0.4, -0.2) is 66.6 Å². The van der Waals surface area contributed by atoms with E-state index in [1.807, 2.05) is 31.2 Å². The molecule has 0 saturated carbocycles. The van der Waals surface area contributed by atoms with E-state index < -0.39 is 18.8 Å². The first kappa shape index (κ1) is 24.0. The Morgan fingerprint density at radius 3 is 2.45 bits per heavy atom. The molecule has 180 valence electrons. The van der Waals surface area contributed by atoms with Crippen LogP contribution in [0.1, 0.15) is 35.2 Å². The van der Waals surface area contributed by atoms with Gasteiger partial charge in [-0.15, -0.1) is 0 Å². The Kier molecular flexibility index (Phi) is 7.26. The second kappa shape index (κ2) is 9.99. The minimum Gasteiger partial charge on any atom is -0.492 e. The average Bonchev–Trinajstić information content (AvgIpc) is 2.75. The molecule has 1 fully saturated rings. The summed E-state index contributed by atoms with van der Waals surface area (Å²) in [6.45, 7) is 3.15. The Bertz CT molecular complexity index is 929. The molecule has 0 radical (unpaired) electrons. The summed E-state index contributed by atoms with van der Waals surface area (Å²) < 4.78 is 58.6. The number of hydrogen-bond donors (Lipinski definition) is 1. The van der Waals surface area contributed by atoms with Crippen molar-refractivity contribution in [2.24, 2.45) is 5.92 Å². The molecule has 1 saturated heterocycles. The first-order valence-electron chi connectivity index (χ1n) is 11.3. The van der Waals surface area contributed by atoms with Crippen LogP contribution in [0, 0.1) is 5.92 Å². The fourth-order valence-corrected chi connectivity index (χ4v) is 4.89. The second-order valence-electron chi connectivity index (χ2n) is 9.13. The van der Waals surface area contributed by atoms with Crippen LogP contribution >= 0.6 is 0 Å². The summed E-state index contributed by atoms with van der Waals surface area (Å²) in [6, 6.07) is 11.9. The predicted octanol–water partition coefficient (Wildman–Crippen LogP) is 4.36. The fraction of sp³-hybridized carbons (Fsp3) is 0.520. The van der Waals surface area contributed by atoms with Gasteiger partial charge in [-0.1, -0.05) is 30.3 Å². The van der Waals surface area contributed by atoms with E-state index in [1.165, 1.54) is 4.90 Å². The molecular formula is C25H30F4N2O2. The standard InChI is InChI=1S/C25H30F4N2O2/c1-17-10-21-11-18(15-32)2-7-23(21)24(31(17)16-25(27,28)29)20-3-5-22(6-4-20)33-9-8-30-13-19(12-26)14-30/h2-7,11,17,19,24,32H,8-10,12-16H2,1H3/t17-,24-/m1/s1. The van der Waals surface area contributed by atoms with Gasteiger partial charge in [-0.2, -0.15) is 13.2 Å². The van der Waals surface area contributed by atoms with Gasteiger partial charge in [0.15, 0.2) is 0 Å². The van der Waals surface area contributed by atoms with Gasteiger partial charge in [0.05, 0.1) is 25.9 Å². The van der Waals surface area contributed by atoms with Gasteiger partial charge in [0.25, 0.3) is 0 Å². The molecule has 4 rings (SSSR count). The lowest BCUT2D eigenvalue weighted by atomic mass is 9.84. The van der Waals surface area contributed by atoms with E-state index >= 15 is 0 Å². The van der Waals surface area contributed by atoms with E-state index in [0.717, 1.165) is 41.9 Å². The van der Waals surface area contributed by atoms with Gasteiger partial charge < -0.3 is 9.84 Å². The van der Waals surface area contributed by atoms with Crippen molar-refractivity contribution >= 4 is 0 Å². The van der Waals surface area contributed by atoms with Crippen molar-refractivity contribution in [3.8, 4) is 5.75 Å². The van der Waals surface area contributed by atoms with Crippen molar-refractivity contribution in [1.29, 1.82) is 0 Å². The SMILES string of the molecule is C[C@@H]1Cc2cc(CO)ccc2[C@@H](c2ccc(OCCN3CC(CF)C3)cc2)N1CC(F)(F)F. The molecule has 2 aliphatic rings. The lowest BCUT2D eigenvalue weighted by Gasteiger charge is -2.42. The Labute approximate surface area is 191 Å². The van der Waals surface area contributed by atoms with Crippen molar-refractivity contribution in [1.82, 2.24) is 9.80 Å². The Morgan fingerprint density at radius 2 is 1.82 bits per heavy atom. The maximum Gasteiger partial charge on any atom is 0.401 e. The summed E-state index contributed by atoms with van der Waals surface area (Å²) in [5, 5.41) is 9.48. The minimum atomic E-state index is -4.31. The van der Waals surface area contributed by atoms with Crippen molar-refractivity contribution in [2.45, 2.75) is 38.2 Å². The molecule has 0 spiro atoms. The van der Waals surface area contributed by atoms with Crippen LogP contribution < -0.4 is 4.74 Å². The zero-order valence-corrected chi connectivity index (χ0v) is 18.7. The Morgan fingerprint density at radius 1 is 1.09 bits per heavy atom. The molecule has 2 heterocycles. The number of hydrogen-bond acceptors (Lipinski definition) is 4. The van der Waals surface area contributed by atoms with E-state index in [9.17, 15) is 22.7 Å². The average molecular weight is 467 g/mol. The zero-order valence-electron chi connectivity index (χ0n) is 18.7. The molecule has 0 bridgehead atoms. The number of ether oxygens (including phenoxy) is 1. The van der Waals surface area contributed by atoms with Crippen molar-refractivity contribution < 1.29 is 27.4 Å². The van der Waals surface area contributed by atoms with Crippen LogP contribution in [0.15, 0.2) is 42.5 Å². The highest BCUT2D eigenvalue weighted by Crippen LogP contribution is 2.40. The van der Waals surface area contributed by atoms with Crippen LogP contribution in [-0.2, 0) is 13.0 Å². The van der Waals surface area contributed by atoms with Gasteiger partial charge in [0.1, 0.15) is 12.4 Å². The molecule has 8 heteroatoms. The zero-order chi connectivity index (χ0) is 23.6. The van der Waals surface area contributed by atoms with Crippen molar-refractivity contribution in [3.63, 3.8) is 0 Å². The highest BCUT2D eigenvalue weighted by molar-refractivity contribution is 5.43. The van der Waals surface area contributed by atoms with Gasteiger partial charge in [-0.3, -0.25) is 14.2 Å². The molecular weight excluding hydrogens is 436 g/mol. The number of aliphatic hydroxyl groups excluding tert-OH is 1. The third-order valence-electron chi connectivity index (χ3n) is 6.58. The second-order valence-corrected chi connectivity index (χ2v) is 9.13. The Hall–Kier alpha value is -2.16. The maximum absolute atomic E-state index is 13.4. The summed E-state index contributed by atoms with van der Waals surface area (Å²) in [6.07, 6.45) is -3.81. The highest BCUT2D eigenvalue weighted by atomic mass is 19.4. The molecule has 0 aromatic heterocycles. The number of halogens is 4. The number of likely N-dealkylation sites (tertiary alicyclic amines) is 1. The third-order valence-corrected chi connectivity index (χ3v) is 6.58. The van der Waals surface area contributed by atoms with Crippen LogP contribution in [0.3, 0.4) is 0 Å². The molecule has 1 N–H and O–H groups in total. The summed E-state index contributed by atoms with van der Waals surface area (Å²) in [7, 11) is 0. The van der Waals surface area contributed by atoms with Gasteiger partial charge in [-0.25, -0.2) is 0 Å². The molecule has 2 aliphatic heterocycles. The van der Waals surface area contributed by atoms with Gasteiger partial charge in [0.2, 0.25) is 0 Å². The number of aliphatic hydroxyl groups is 1. The predicted molar refractivity (Wildman–Crippen MR) is 118 cm³/mol.